The molecule has 3 heteroatoms. The van der Waals surface area contributed by atoms with Crippen LogP contribution in [0.25, 0.3) is 0 Å². The van der Waals surface area contributed by atoms with Crippen molar-refractivity contribution < 1.29 is 9.84 Å². The van der Waals surface area contributed by atoms with Crippen LogP contribution < -0.4 is 10.1 Å². The average molecular weight is 241 g/mol. The van der Waals surface area contributed by atoms with Gasteiger partial charge in [-0.25, -0.2) is 0 Å². The zero-order valence-corrected chi connectivity index (χ0v) is 9.97. The maximum Gasteiger partial charge on any atom is 0.133 e. The van der Waals surface area contributed by atoms with Gasteiger partial charge in [-0.2, -0.15) is 0 Å². The van der Waals surface area contributed by atoms with Crippen molar-refractivity contribution in [2.24, 2.45) is 0 Å². The first-order chi connectivity index (χ1) is 8.78. The van der Waals surface area contributed by atoms with E-state index in [2.05, 4.69) is 5.32 Å². The maximum atomic E-state index is 10.4. The molecule has 0 bridgehead atoms. The van der Waals surface area contributed by atoms with E-state index >= 15 is 0 Å². The molecule has 2 N–H and O–H groups in total. The molecule has 1 fully saturated rings. The van der Waals surface area contributed by atoms with Crippen molar-refractivity contribution in [3.8, 4) is 11.5 Å². The van der Waals surface area contributed by atoms with Crippen molar-refractivity contribution in [1.82, 2.24) is 5.32 Å². The molecule has 0 saturated carbocycles. The standard InChI is InChI=1S/C15H15NO2/c17-15(10-16-11-15)13-8-4-5-9-14(13)18-12-6-2-1-3-7-12/h1-9,16-17H,10-11H2. The number of hydrogen-bond acceptors (Lipinski definition) is 3. The Kier molecular flexibility index (Phi) is 2.78. The lowest BCUT2D eigenvalue weighted by molar-refractivity contribution is -0.0161. The fourth-order valence-electron chi connectivity index (χ4n) is 2.11. The maximum absolute atomic E-state index is 10.4. The third kappa shape index (κ3) is 1.98. The van der Waals surface area contributed by atoms with Gasteiger partial charge in [0.05, 0.1) is 0 Å². The molecule has 0 unspecified atom stereocenters. The Morgan fingerprint density at radius 1 is 0.944 bits per heavy atom. The minimum Gasteiger partial charge on any atom is -0.457 e. The Balaban J connectivity index is 1.93. The van der Waals surface area contributed by atoms with Crippen molar-refractivity contribution in [2.75, 3.05) is 13.1 Å². The second-order valence-corrected chi connectivity index (χ2v) is 4.55. The highest BCUT2D eigenvalue weighted by molar-refractivity contribution is 5.42. The molecule has 0 atom stereocenters. The van der Waals surface area contributed by atoms with Crippen LogP contribution in [0.5, 0.6) is 11.5 Å². The highest BCUT2D eigenvalue weighted by Gasteiger charge is 2.38. The number of para-hydroxylation sites is 2. The van der Waals surface area contributed by atoms with E-state index in [1.807, 2.05) is 54.6 Å². The van der Waals surface area contributed by atoms with Gasteiger partial charge in [-0.1, -0.05) is 36.4 Å². The van der Waals surface area contributed by atoms with Crippen LogP contribution in [0.4, 0.5) is 0 Å². The lowest BCUT2D eigenvalue weighted by atomic mass is 9.87. The minimum absolute atomic E-state index is 0.572. The van der Waals surface area contributed by atoms with Gasteiger partial charge in [-0.15, -0.1) is 0 Å². The lowest BCUT2D eigenvalue weighted by Crippen LogP contribution is -2.56. The highest BCUT2D eigenvalue weighted by Crippen LogP contribution is 2.35. The molecule has 1 saturated heterocycles. The Labute approximate surface area is 106 Å². The minimum atomic E-state index is -0.800. The molecule has 3 nitrogen and oxygen atoms in total. The summed E-state index contributed by atoms with van der Waals surface area (Å²) >= 11 is 0. The first kappa shape index (κ1) is 11.3. The van der Waals surface area contributed by atoms with E-state index in [1.165, 1.54) is 0 Å². The molecule has 0 radical (unpaired) electrons. The summed E-state index contributed by atoms with van der Waals surface area (Å²) in [5.74, 6) is 1.49. The van der Waals surface area contributed by atoms with Crippen LogP contribution in [0.2, 0.25) is 0 Å². The molecule has 2 aromatic rings. The molecule has 0 aromatic heterocycles. The normalized spacial score (nSPS) is 16.9. The van der Waals surface area contributed by atoms with Gasteiger partial charge in [0.1, 0.15) is 17.1 Å². The van der Waals surface area contributed by atoms with Crippen molar-refractivity contribution in [3.63, 3.8) is 0 Å². The smallest absolute Gasteiger partial charge is 0.133 e. The van der Waals surface area contributed by atoms with Gasteiger partial charge in [0.2, 0.25) is 0 Å². The monoisotopic (exact) mass is 241 g/mol. The zero-order valence-electron chi connectivity index (χ0n) is 9.97. The molecule has 1 aliphatic rings. The van der Waals surface area contributed by atoms with E-state index in [-0.39, 0.29) is 0 Å². The third-order valence-electron chi connectivity index (χ3n) is 3.19. The van der Waals surface area contributed by atoms with Gasteiger partial charge in [-0.05, 0) is 18.2 Å². The molecule has 1 aliphatic heterocycles. The van der Waals surface area contributed by atoms with Gasteiger partial charge in [0.15, 0.2) is 0 Å². The second-order valence-electron chi connectivity index (χ2n) is 4.55. The zero-order chi connectivity index (χ0) is 12.4. The molecular formula is C15H15NO2. The summed E-state index contributed by atoms with van der Waals surface area (Å²) in [7, 11) is 0. The van der Waals surface area contributed by atoms with Crippen molar-refractivity contribution >= 4 is 0 Å². The van der Waals surface area contributed by atoms with Crippen LogP contribution >= 0.6 is 0 Å². The molecule has 1 heterocycles. The fraction of sp³-hybridized carbons (Fsp3) is 0.200. The topological polar surface area (TPSA) is 41.5 Å². The molecule has 0 aliphatic carbocycles. The van der Waals surface area contributed by atoms with E-state index in [9.17, 15) is 5.11 Å². The number of hydrogen-bond donors (Lipinski definition) is 2. The van der Waals surface area contributed by atoms with E-state index in [1.54, 1.807) is 0 Å². The van der Waals surface area contributed by atoms with Crippen molar-refractivity contribution in [2.45, 2.75) is 5.60 Å². The van der Waals surface area contributed by atoms with E-state index < -0.39 is 5.60 Å². The second kappa shape index (κ2) is 4.44. The number of nitrogens with one attached hydrogen (secondary N) is 1. The highest BCUT2D eigenvalue weighted by atomic mass is 16.5. The SMILES string of the molecule is OC1(c2ccccc2Oc2ccccc2)CNC1. The third-order valence-corrected chi connectivity index (χ3v) is 3.19. The summed E-state index contributed by atoms with van der Waals surface area (Å²) in [6.07, 6.45) is 0. The predicted molar refractivity (Wildman–Crippen MR) is 69.7 cm³/mol. The van der Waals surface area contributed by atoms with E-state index in [0.29, 0.717) is 18.8 Å². The lowest BCUT2D eigenvalue weighted by Gasteiger charge is -2.38. The fourth-order valence-corrected chi connectivity index (χ4v) is 2.11. The summed E-state index contributed by atoms with van der Waals surface area (Å²) in [6.45, 7) is 1.14. The molecule has 18 heavy (non-hydrogen) atoms. The van der Waals surface area contributed by atoms with Crippen LogP contribution in [0.3, 0.4) is 0 Å². The van der Waals surface area contributed by atoms with Gasteiger partial charge in [-0.3, -0.25) is 0 Å². The number of aliphatic hydroxyl groups is 1. The van der Waals surface area contributed by atoms with E-state index in [0.717, 1.165) is 11.3 Å². The van der Waals surface area contributed by atoms with Gasteiger partial charge < -0.3 is 15.2 Å². The quantitative estimate of drug-likeness (QED) is 0.866. The largest absolute Gasteiger partial charge is 0.457 e. The first-order valence-corrected chi connectivity index (χ1v) is 6.03. The molecule has 92 valence electrons. The van der Waals surface area contributed by atoms with Crippen LogP contribution in [-0.2, 0) is 5.60 Å². The van der Waals surface area contributed by atoms with E-state index in [4.69, 9.17) is 4.74 Å². The van der Waals surface area contributed by atoms with Crippen LogP contribution in [-0.4, -0.2) is 18.2 Å². The summed E-state index contributed by atoms with van der Waals surface area (Å²) in [5, 5.41) is 13.5. The average Bonchev–Trinajstić information content (AvgIpc) is 2.38. The number of benzene rings is 2. The molecule has 0 spiro atoms. The first-order valence-electron chi connectivity index (χ1n) is 6.03. The summed E-state index contributed by atoms with van der Waals surface area (Å²) < 4.78 is 5.84. The Hall–Kier alpha value is -1.84. The molecule has 3 rings (SSSR count). The van der Waals surface area contributed by atoms with Gasteiger partial charge in [0, 0.05) is 18.7 Å². The molecular weight excluding hydrogens is 226 g/mol. The summed E-state index contributed by atoms with van der Waals surface area (Å²) in [5.41, 5.74) is 0.0401. The van der Waals surface area contributed by atoms with Crippen molar-refractivity contribution in [3.05, 3.63) is 60.2 Å². The van der Waals surface area contributed by atoms with Crippen LogP contribution in [0.15, 0.2) is 54.6 Å². The molecule has 0 amide bonds. The van der Waals surface area contributed by atoms with Crippen LogP contribution in [0.1, 0.15) is 5.56 Å². The Morgan fingerprint density at radius 2 is 1.61 bits per heavy atom. The summed E-state index contributed by atoms with van der Waals surface area (Å²) in [4.78, 5) is 0. The van der Waals surface area contributed by atoms with Gasteiger partial charge in [0.25, 0.3) is 0 Å². The summed E-state index contributed by atoms with van der Waals surface area (Å²) in [6, 6.07) is 17.2. The number of β-amino-alcohol motifs (C(OH)–C–C–N with tert-alkyl or cyclic N) is 1. The number of rotatable bonds is 3. The Morgan fingerprint density at radius 3 is 2.28 bits per heavy atom. The Bertz CT molecular complexity index is 535. The molecule has 2 aromatic carbocycles. The predicted octanol–water partition coefficient (Wildman–Crippen LogP) is 2.27. The number of ether oxygens (including phenoxy) is 1. The van der Waals surface area contributed by atoms with Gasteiger partial charge >= 0.3 is 0 Å². The van der Waals surface area contributed by atoms with Crippen LogP contribution in [0, 0.1) is 0 Å². The van der Waals surface area contributed by atoms with Crippen molar-refractivity contribution in [1.29, 1.82) is 0 Å².